The van der Waals surface area contributed by atoms with E-state index in [9.17, 15) is 14.4 Å². The highest BCUT2D eigenvalue weighted by molar-refractivity contribution is 7.18. The number of rotatable bonds is 4. The van der Waals surface area contributed by atoms with Crippen molar-refractivity contribution in [3.63, 3.8) is 0 Å². The number of carbonyl (C=O) groups is 1. The molecule has 0 radical (unpaired) electrons. The van der Waals surface area contributed by atoms with Gasteiger partial charge < -0.3 is 5.32 Å². The van der Waals surface area contributed by atoms with Crippen LogP contribution < -0.4 is 16.6 Å². The van der Waals surface area contributed by atoms with E-state index in [4.69, 9.17) is 11.6 Å². The fourth-order valence-electron chi connectivity index (χ4n) is 3.21. The second kappa shape index (κ2) is 7.82. The molecule has 0 atom stereocenters. The van der Waals surface area contributed by atoms with Crippen molar-refractivity contribution in [2.45, 2.75) is 13.3 Å². The van der Waals surface area contributed by atoms with E-state index in [1.165, 1.54) is 34.3 Å². The zero-order valence-corrected chi connectivity index (χ0v) is 18.7. The lowest BCUT2D eigenvalue weighted by molar-refractivity contribution is -0.115. The van der Waals surface area contributed by atoms with Crippen LogP contribution in [0.5, 0.6) is 0 Å². The second-order valence-electron chi connectivity index (χ2n) is 6.79. The van der Waals surface area contributed by atoms with Crippen molar-refractivity contribution in [2.24, 2.45) is 14.1 Å². The Morgan fingerprint density at radius 1 is 1.17 bits per heavy atom. The standard InChI is InChI=1S/C20H17ClN4O3S2/c1-10-13(16-17(27)24(2)20(28)25(3)18(16)30-10)8-15(26)23-19-22-14(9-29-19)11-4-6-12(21)7-5-11/h4-7,9H,8H2,1-3H3,(H,22,23,26). The number of aryl methyl sites for hydroxylation is 2. The third-order valence-electron chi connectivity index (χ3n) is 4.82. The molecule has 0 fully saturated rings. The highest BCUT2D eigenvalue weighted by atomic mass is 35.5. The number of fused-ring (bicyclic) bond motifs is 1. The molecule has 10 heteroatoms. The van der Waals surface area contributed by atoms with Crippen molar-refractivity contribution in [3.8, 4) is 11.3 Å². The average molecular weight is 461 g/mol. The number of thiophene rings is 1. The van der Waals surface area contributed by atoms with Crippen molar-refractivity contribution >= 4 is 55.5 Å². The van der Waals surface area contributed by atoms with Crippen LogP contribution in [0.15, 0.2) is 39.2 Å². The third-order valence-corrected chi connectivity index (χ3v) is 7.05. The molecule has 4 aromatic rings. The number of anilines is 1. The normalized spacial score (nSPS) is 11.2. The maximum absolute atomic E-state index is 12.7. The molecule has 154 valence electrons. The first-order valence-electron chi connectivity index (χ1n) is 8.95. The summed E-state index contributed by atoms with van der Waals surface area (Å²) in [4.78, 5) is 43.4. The number of aromatic nitrogens is 3. The molecule has 1 N–H and O–H groups in total. The quantitative estimate of drug-likeness (QED) is 0.504. The van der Waals surface area contributed by atoms with Crippen LogP contribution >= 0.6 is 34.3 Å². The van der Waals surface area contributed by atoms with E-state index in [1.807, 2.05) is 24.4 Å². The topological polar surface area (TPSA) is 86.0 Å². The van der Waals surface area contributed by atoms with Gasteiger partial charge in [0.05, 0.1) is 17.5 Å². The minimum Gasteiger partial charge on any atom is -0.302 e. The molecule has 0 saturated heterocycles. The van der Waals surface area contributed by atoms with Crippen LogP contribution in [0.25, 0.3) is 21.5 Å². The summed E-state index contributed by atoms with van der Waals surface area (Å²) in [6.07, 6.45) is 0.0230. The summed E-state index contributed by atoms with van der Waals surface area (Å²) < 4.78 is 2.50. The molecule has 0 saturated carbocycles. The minimum atomic E-state index is -0.389. The highest BCUT2D eigenvalue weighted by Crippen LogP contribution is 2.29. The first-order valence-corrected chi connectivity index (χ1v) is 11.0. The summed E-state index contributed by atoms with van der Waals surface area (Å²) in [7, 11) is 3.06. The van der Waals surface area contributed by atoms with Gasteiger partial charge in [0.15, 0.2) is 5.13 Å². The number of hydrogen-bond acceptors (Lipinski definition) is 6. The summed E-state index contributed by atoms with van der Waals surface area (Å²) in [6, 6.07) is 7.30. The van der Waals surface area contributed by atoms with Gasteiger partial charge in [-0.3, -0.25) is 18.7 Å². The van der Waals surface area contributed by atoms with Gasteiger partial charge in [-0.2, -0.15) is 0 Å². The smallest absolute Gasteiger partial charge is 0.302 e. The summed E-state index contributed by atoms with van der Waals surface area (Å²) >= 11 is 8.58. The lowest BCUT2D eigenvalue weighted by atomic mass is 10.1. The lowest BCUT2D eigenvalue weighted by Crippen LogP contribution is -2.36. The zero-order valence-electron chi connectivity index (χ0n) is 16.4. The van der Waals surface area contributed by atoms with Crippen LogP contribution in [0, 0.1) is 6.92 Å². The molecule has 0 spiro atoms. The molecule has 3 heterocycles. The number of benzene rings is 1. The number of carbonyl (C=O) groups excluding carboxylic acids is 1. The fourth-order valence-corrected chi connectivity index (χ4v) is 5.18. The molecular formula is C20H17ClN4O3S2. The second-order valence-corrected chi connectivity index (χ2v) is 9.29. The van der Waals surface area contributed by atoms with Gasteiger partial charge in [0.2, 0.25) is 5.91 Å². The van der Waals surface area contributed by atoms with Gasteiger partial charge in [-0.15, -0.1) is 22.7 Å². The molecular weight excluding hydrogens is 444 g/mol. The van der Waals surface area contributed by atoms with Gasteiger partial charge in [-0.25, -0.2) is 9.78 Å². The molecule has 0 unspecified atom stereocenters. The monoisotopic (exact) mass is 460 g/mol. The molecule has 0 bridgehead atoms. The number of thiazole rings is 1. The first kappa shape index (κ1) is 20.5. The van der Waals surface area contributed by atoms with Crippen LogP contribution in [0.3, 0.4) is 0 Å². The molecule has 30 heavy (non-hydrogen) atoms. The Labute approximate surface area is 184 Å². The fraction of sp³-hybridized carbons (Fsp3) is 0.200. The largest absolute Gasteiger partial charge is 0.331 e. The van der Waals surface area contributed by atoms with Gasteiger partial charge in [0.1, 0.15) is 4.83 Å². The van der Waals surface area contributed by atoms with E-state index in [2.05, 4.69) is 10.3 Å². The van der Waals surface area contributed by atoms with Crippen molar-refractivity contribution in [1.29, 1.82) is 0 Å². The van der Waals surface area contributed by atoms with E-state index in [0.717, 1.165) is 20.7 Å². The van der Waals surface area contributed by atoms with Gasteiger partial charge in [-0.05, 0) is 24.6 Å². The van der Waals surface area contributed by atoms with Gasteiger partial charge in [0.25, 0.3) is 5.56 Å². The van der Waals surface area contributed by atoms with E-state index >= 15 is 0 Å². The van der Waals surface area contributed by atoms with E-state index in [-0.39, 0.29) is 23.6 Å². The lowest BCUT2D eigenvalue weighted by Gasteiger charge is -2.05. The molecule has 7 nitrogen and oxygen atoms in total. The number of hydrogen-bond donors (Lipinski definition) is 1. The SMILES string of the molecule is Cc1sc2c(c1CC(=O)Nc1nc(-c3ccc(Cl)cc3)cs1)c(=O)n(C)c(=O)n2C. The summed E-state index contributed by atoms with van der Waals surface area (Å²) in [5, 5.41) is 6.19. The Morgan fingerprint density at radius 3 is 2.57 bits per heavy atom. The molecule has 0 aliphatic heterocycles. The summed E-state index contributed by atoms with van der Waals surface area (Å²) in [5.74, 6) is -0.272. The Hall–Kier alpha value is -2.75. The number of halogens is 1. The summed E-state index contributed by atoms with van der Waals surface area (Å²) in [6.45, 7) is 1.85. The van der Waals surface area contributed by atoms with E-state index < -0.39 is 0 Å². The minimum absolute atomic E-state index is 0.0230. The predicted molar refractivity (Wildman–Crippen MR) is 122 cm³/mol. The highest BCUT2D eigenvalue weighted by Gasteiger charge is 2.20. The van der Waals surface area contributed by atoms with Gasteiger partial charge in [-0.1, -0.05) is 23.7 Å². The average Bonchev–Trinajstić information content (AvgIpc) is 3.30. The van der Waals surface area contributed by atoms with Gasteiger partial charge in [0, 0.05) is 34.9 Å². The van der Waals surface area contributed by atoms with Crippen LogP contribution in [-0.4, -0.2) is 20.0 Å². The van der Waals surface area contributed by atoms with Crippen molar-refractivity contribution in [3.05, 3.63) is 65.9 Å². The molecule has 1 aromatic carbocycles. The molecule has 3 aromatic heterocycles. The predicted octanol–water partition coefficient (Wildman–Crippen LogP) is 3.57. The third kappa shape index (κ3) is 3.60. The van der Waals surface area contributed by atoms with Crippen molar-refractivity contribution in [1.82, 2.24) is 14.1 Å². The number of nitrogens with zero attached hydrogens (tertiary/aromatic N) is 3. The van der Waals surface area contributed by atoms with Crippen LogP contribution in [0.4, 0.5) is 5.13 Å². The Balaban J connectivity index is 1.60. The van der Waals surface area contributed by atoms with Crippen molar-refractivity contribution < 1.29 is 4.79 Å². The Bertz CT molecular complexity index is 1400. The van der Waals surface area contributed by atoms with E-state index in [1.54, 1.807) is 19.2 Å². The van der Waals surface area contributed by atoms with Crippen LogP contribution in [0.1, 0.15) is 10.4 Å². The molecule has 0 aliphatic carbocycles. The van der Waals surface area contributed by atoms with Gasteiger partial charge >= 0.3 is 5.69 Å². The maximum atomic E-state index is 12.7. The van der Waals surface area contributed by atoms with Crippen molar-refractivity contribution in [2.75, 3.05) is 5.32 Å². The Kier molecular flexibility index (Phi) is 5.35. The first-order chi connectivity index (χ1) is 14.3. The number of amides is 1. The van der Waals surface area contributed by atoms with E-state index in [0.29, 0.717) is 25.9 Å². The summed E-state index contributed by atoms with van der Waals surface area (Å²) in [5.41, 5.74) is 1.51. The molecule has 1 amide bonds. The zero-order chi connectivity index (χ0) is 21.6. The molecule has 0 aliphatic rings. The Morgan fingerprint density at radius 2 is 1.87 bits per heavy atom. The maximum Gasteiger partial charge on any atom is 0.331 e. The number of nitrogens with one attached hydrogen (secondary N) is 1. The molecule has 4 rings (SSSR count). The van der Waals surface area contributed by atoms with Crippen LogP contribution in [0.2, 0.25) is 5.02 Å². The van der Waals surface area contributed by atoms with Crippen LogP contribution in [-0.2, 0) is 25.3 Å².